The summed E-state index contributed by atoms with van der Waals surface area (Å²) in [5.74, 6) is 1.87. The average molecular weight is 253 g/mol. The third-order valence-corrected chi connectivity index (χ3v) is 2.61. The first-order valence-corrected chi connectivity index (χ1v) is 5.91. The Morgan fingerprint density at radius 1 is 1.21 bits per heavy atom. The van der Waals surface area contributed by atoms with E-state index < -0.39 is 0 Å². The van der Waals surface area contributed by atoms with Crippen molar-refractivity contribution in [1.29, 1.82) is 5.26 Å². The lowest BCUT2D eigenvalue weighted by Gasteiger charge is -2.12. The van der Waals surface area contributed by atoms with E-state index in [0.717, 1.165) is 5.69 Å². The number of aromatic nitrogens is 2. The summed E-state index contributed by atoms with van der Waals surface area (Å²) in [6.45, 7) is 3.83. The fourth-order valence-electron chi connectivity index (χ4n) is 1.71. The Morgan fingerprint density at radius 3 is 2.68 bits per heavy atom. The highest BCUT2D eigenvalue weighted by Gasteiger charge is 2.06. The summed E-state index contributed by atoms with van der Waals surface area (Å²) in [4.78, 5) is 9.93. The number of anilines is 3. The van der Waals surface area contributed by atoms with Gasteiger partial charge in [-0.05, 0) is 31.5 Å². The number of nitrogens with zero attached hydrogens (tertiary/aromatic N) is 4. The molecule has 0 fully saturated rings. The van der Waals surface area contributed by atoms with Crippen LogP contribution in [0.2, 0.25) is 0 Å². The largest absolute Gasteiger partial charge is 0.340 e. The molecule has 0 aliphatic heterocycles. The zero-order valence-electron chi connectivity index (χ0n) is 11.2. The molecule has 0 aliphatic carbocycles. The van der Waals surface area contributed by atoms with Gasteiger partial charge < -0.3 is 5.32 Å². The molecule has 0 spiro atoms. The molecule has 5 heteroatoms. The van der Waals surface area contributed by atoms with Crippen LogP contribution in [0.15, 0.2) is 30.3 Å². The van der Waals surface area contributed by atoms with Gasteiger partial charge in [0.2, 0.25) is 0 Å². The lowest BCUT2D eigenvalue weighted by Crippen LogP contribution is -2.12. The van der Waals surface area contributed by atoms with Gasteiger partial charge in [-0.15, -0.1) is 0 Å². The summed E-state index contributed by atoms with van der Waals surface area (Å²) in [5.41, 5.74) is 2.13. The number of hydrogen-bond donors (Lipinski definition) is 1. The second-order valence-corrected chi connectivity index (χ2v) is 4.31. The van der Waals surface area contributed by atoms with E-state index in [1.54, 1.807) is 20.0 Å². The minimum atomic E-state index is 0.574. The zero-order valence-corrected chi connectivity index (χ0v) is 11.2. The SMILES string of the molecule is Cc1cccc(Nc2cc(N(C)C#N)nc(C)n2)c1. The van der Waals surface area contributed by atoms with Crippen LogP contribution in [0.5, 0.6) is 0 Å². The third kappa shape index (κ3) is 3.19. The summed E-state index contributed by atoms with van der Waals surface area (Å²) in [6, 6.07) is 9.77. The molecule has 1 aromatic carbocycles. The van der Waals surface area contributed by atoms with Crippen LogP contribution in [0, 0.1) is 25.3 Å². The summed E-state index contributed by atoms with van der Waals surface area (Å²) < 4.78 is 0. The lowest BCUT2D eigenvalue weighted by molar-refractivity contribution is 1.02. The molecule has 0 atom stereocenters. The van der Waals surface area contributed by atoms with E-state index in [-0.39, 0.29) is 0 Å². The number of nitriles is 1. The van der Waals surface area contributed by atoms with Crippen molar-refractivity contribution in [3.05, 3.63) is 41.7 Å². The molecule has 0 saturated carbocycles. The second kappa shape index (κ2) is 5.36. The fourth-order valence-corrected chi connectivity index (χ4v) is 1.71. The van der Waals surface area contributed by atoms with Crippen molar-refractivity contribution in [2.75, 3.05) is 17.3 Å². The van der Waals surface area contributed by atoms with Crippen LogP contribution in [0.1, 0.15) is 11.4 Å². The van der Waals surface area contributed by atoms with E-state index in [0.29, 0.717) is 17.5 Å². The van der Waals surface area contributed by atoms with Crippen LogP contribution in [-0.2, 0) is 0 Å². The van der Waals surface area contributed by atoms with Crippen LogP contribution >= 0.6 is 0 Å². The molecular formula is C14H15N5. The van der Waals surface area contributed by atoms with Crippen molar-refractivity contribution in [2.24, 2.45) is 0 Å². The second-order valence-electron chi connectivity index (χ2n) is 4.31. The van der Waals surface area contributed by atoms with Gasteiger partial charge in [0.15, 0.2) is 6.19 Å². The lowest BCUT2D eigenvalue weighted by atomic mass is 10.2. The van der Waals surface area contributed by atoms with Crippen molar-refractivity contribution >= 4 is 17.3 Å². The molecule has 0 aliphatic rings. The Morgan fingerprint density at radius 2 is 2.00 bits per heavy atom. The Labute approximate surface area is 112 Å². The van der Waals surface area contributed by atoms with Crippen molar-refractivity contribution in [3.63, 3.8) is 0 Å². The monoisotopic (exact) mass is 253 g/mol. The average Bonchev–Trinajstić information content (AvgIpc) is 2.37. The maximum absolute atomic E-state index is 8.89. The van der Waals surface area contributed by atoms with E-state index in [2.05, 4.69) is 15.3 Å². The number of hydrogen-bond acceptors (Lipinski definition) is 5. The smallest absolute Gasteiger partial charge is 0.185 e. The molecule has 5 nitrogen and oxygen atoms in total. The molecule has 96 valence electrons. The van der Waals surface area contributed by atoms with Crippen LogP contribution in [0.4, 0.5) is 17.3 Å². The van der Waals surface area contributed by atoms with Crippen LogP contribution in [0.25, 0.3) is 0 Å². The van der Waals surface area contributed by atoms with Gasteiger partial charge in [0.05, 0.1) is 0 Å². The highest BCUT2D eigenvalue weighted by molar-refractivity contribution is 5.60. The van der Waals surface area contributed by atoms with Crippen molar-refractivity contribution in [3.8, 4) is 6.19 Å². The molecule has 0 bridgehead atoms. The molecule has 1 aromatic heterocycles. The Kier molecular flexibility index (Phi) is 3.62. The van der Waals surface area contributed by atoms with Gasteiger partial charge in [0, 0.05) is 18.8 Å². The molecule has 0 radical (unpaired) electrons. The van der Waals surface area contributed by atoms with Gasteiger partial charge in [-0.25, -0.2) is 9.97 Å². The van der Waals surface area contributed by atoms with E-state index in [9.17, 15) is 0 Å². The standard InChI is InChI=1S/C14H15N5/c1-10-5-4-6-12(7-10)18-13-8-14(19(3)9-15)17-11(2)16-13/h4-8H,1-3H3,(H,16,17,18). The van der Waals surface area contributed by atoms with E-state index >= 15 is 0 Å². The molecule has 0 saturated heterocycles. The molecule has 19 heavy (non-hydrogen) atoms. The quantitative estimate of drug-likeness (QED) is 0.673. The maximum atomic E-state index is 8.89. The van der Waals surface area contributed by atoms with Gasteiger partial charge in [0.1, 0.15) is 17.5 Å². The zero-order chi connectivity index (χ0) is 13.8. The molecule has 2 rings (SSSR count). The van der Waals surface area contributed by atoms with E-state index in [1.165, 1.54) is 10.5 Å². The predicted octanol–water partition coefficient (Wildman–Crippen LogP) is 2.75. The van der Waals surface area contributed by atoms with E-state index in [1.807, 2.05) is 37.4 Å². The van der Waals surface area contributed by atoms with Gasteiger partial charge >= 0.3 is 0 Å². The Balaban J connectivity index is 2.30. The van der Waals surface area contributed by atoms with Crippen LogP contribution in [-0.4, -0.2) is 17.0 Å². The molecular weight excluding hydrogens is 238 g/mol. The topological polar surface area (TPSA) is 64.8 Å². The molecule has 1 N–H and O–H groups in total. The minimum Gasteiger partial charge on any atom is -0.340 e. The van der Waals surface area contributed by atoms with Crippen LogP contribution < -0.4 is 10.2 Å². The molecule has 0 amide bonds. The summed E-state index contributed by atoms with van der Waals surface area (Å²) in [7, 11) is 1.66. The van der Waals surface area contributed by atoms with Gasteiger partial charge in [-0.3, -0.25) is 4.90 Å². The number of aryl methyl sites for hydroxylation is 2. The van der Waals surface area contributed by atoms with Gasteiger partial charge in [-0.2, -0.15) is 5.26 Å². The first kappa shape index (κ1) is 12.8. The van der Waals surface area contributed by atoms with Crippen molar-refractivity contribution in [2.45, 2.75) is 13.8 Å². The van der Waals surface area contributed by atoms with Gasteiger partial charge in [0.25, 0.3) is 0 Å². The first-order chi connectivity index (χ1) is 9.08. The van der Waals surface area contributed by atoms with Crippen LogP contribution in [0.3, 0.4) is 0 Å². The first-order valence-electron chi connectivity index (χ1n) is 5.91. The summed E-state index contributed by atoms with van der Waals surface area (Å²) in [5, 5.41) is 12.1. The number of benzene rings is 1. The summed E-state index contributed by atoms with van der Waals surface area (Å²) >= 11 is 0. The van der Waals surface area contributed by atoms with Crippen molar-refractivity contribution < 1.29 is 0 Å². The van der Waals surface area contributed by atoms with E-state index in [4.69, 9.17) is 5.26 Å². The summed E-state index contributed by atoms with van der Waals surface area (Å²) in [6.07, 6.45) is 2.02. The Bertz CT molecular complexity index is 630. The third-order valence-electron chi connectivity index (χ3n) is 2.61. The predicted molar refractivity (Wildman–Crippen MR) is 75.2 cm³/mol. The fraction of sp³-hybridized carbons (Fsp3) is 0.214. The molecule has 0 unspecified atom stereocenters. The van der Waals surface area contributed by atoms with Gasteiger partial charge in [-0.1, -0.05) is 12.1 Å². The number of nitrogens with one attached hydrogen (secondary N) is 1. The Hall–Kier alpha value is -2.61. The van der Waals surface area contributed by atoms with Crippen molar-refractivity contribution in [1.82, 2.24) is 9.97 Å². The normalized spacial score (nSPS) is 9.79. The number of rotatable bonds is 3. The highest BCUT2D eigenvalue weighted by Crippen LogP contribution is 2.19. The maximum Gasteiger partial charge on any atom is 0.185 e. The highest BCUT2D eigenvalue weighted by atomic mass is 15.2. The molecule has 1 heterocycles. The minimum absolute atomic E-state index is 0.574. The molecule has 2 aromatic rings.